The summed E-state index contributed by atoms with van der Waals surface area (Å²) in [5.74, 6) is 1.37. The van der Waals surface area contributed by atoms with Gasteiger partial charge in [-0.25, -0.2) is 4.98 Å². The molecular formula is C17H23N3OS. The van der Waals surface area contributed by atoms with Crippen molar-refractivity contribution in [3.63, 3.8) is 0 Å². The lowest BCUT2D eigenvalue weighted by Gasteiger charge is -2.34. The Morgan fingerprint density at radius 2 is 2.32 bits per heavy atom. The first kappa shape index (κ1) is 15.3. The van der Waals surface area contributed by atoms with E-state index in [1.54, 1.807) is 4.90 Å². The molecule has 3 rings (SSSR count). The third-order valence-electron chi connectivity index (χ3n) is 4.33. The molecule has 3 heterocycles. The third-order valence-corrected chi connectivity index (χ3v) is 5.58. The molecule has 4 nitrogen and oxygen atoms in total. The highest BCUT2D eigenvalue weighted by molar-refractivity contribution is 7.19. The monoisotopic (exact) mass is 317 g/mol. The molecule has 2 aromatic heterocycles. The zero-order valence-electron chi connectivity index (χ0n) is 13.5. The van der Waals surface area contributed by atoms with E-state index >= 15 is 0 Å². The van der Waals surface area contributed by atoms with Crippen LogP contribution in [0.25, 0.3) is 10.1 Å². The molecule has 0 N–H and O–H groups in total. The van der Waals surface area contributed by atoms with Crippen molar-refractivity contribution in [3.8, 4) is 0 Å². The molecule has 5 heteroatoms. The molecule has 1 aliphatic heterocycles. The number of fused-ring (bicyclic) bond motifs is 1. The van der Waals surface area contributed by atoms with E-state index in [1.807, 2.05) is 31.6 Å². The fourth-order valence-electron chi connectivity index (χ4n) is 3.16. The number of pyridine rings is 1. The van der Waals surface area contributed by atoms with Crippen LogP contribution in [0.2, 0.25) is 0 Å². The van der Waals surface area contributed by atoms with E-state index in [0.29, 0.717) is 0 Å². The maximum absolute atomic E-state index is 12.3. The minimum atomic E-state index is 0.0880. The van der Waals surface area contributed by atoms with E-state index in [2.05, 4.69) is 28.9 Å². The first-order valence-corrected chi connectivity index (χ1v) is 8.75. The molecular weight excluding hydrogens is 294 g/mol. The number of aryl methyl sites for hydroxylation is 1. The number of nitrogens with zero attached hydrogens (tertiary/aromatic N) is 3. The minimum Gasteiger partial charge on any atom is -0.355 e. The minimum absolute atomic E-state index is 0.0880. The number of hydrogen-bond acceptors (Lipinski definition) is 4. The molecule has 2 aromatic rings. The van der Waals surface area contributed by atoms with Crippen molar-refractivity contribution in [2.75, 3.05) is 32.1 Å². The molecule has 0 spiro atoms. The van der Waals surface area contributed by atoms with Crippen molar-refractivity contribution < 1.29 is 4.79 Å². The van der Waals surface area contributed by atoms with Gasteiger partial charge in [-0.05, 0) is 31.4 Å². The molecule has 1 amide bonds. The zero-order valence-corrected chi connectivity index (χ0v) is 14.3. The number of anilines is 1. The van der Waals surface area contributed by atoms with E-state index < -0.39 is 0 Å². The van der Waals surface area contributed by atoms with Gasteiger partial charge in [0.2, 0.25) is 5.91 Å². The molecule has 1 fully saturated rings. The van der Waals surface area contributed by atoms with Crippen LogP contribution < -0.4 is 4.90 Å². The average molecular weight is 317 g/mol. The van der Waals surface area contributed by atoms with Gasteiger partial charge in [0.15, 0.2) is 0 Å². The van der Waals surface area contributed by atoms with Gasteiger partial charge in [0.05, 0.1) is 5.92 Å². The van der Waals surface area contributed by atoms with Crippen LogP contribution >= 0.6 is 11.3 Å². The number of piperidine rings is 1. The lowest BCUT2D eigenvalue weighted by Crippen LogP contribution is -2.43. The summed E-state index contributed by atoms with van der Waals surface area (Å²) in [6.07, 6.45) is 4.98. The molecule has 118 valence electrons. The third kappa shape index (κ3) is 2.82. The Kier molecular flexibility index (Phi) is 4.34. The van der Waals surface area contributed by atoms with Gasteiger partial charge < -0.3 is 9.80 Å². The quantitative estimate of drug-likeness (QED) is 0.872. The van der Waals surface area contributed by atoms with Crippen LogP contribution in [-0.2, 0) is 11.2 Å². The molecule has 1 aliphatic rings. The summed E-state index contributed by atoms with van der Waals surface area (Å²) in [4.78, 5) is 22.3. The Bertz CT molecular complexity index is 680. The molecule has 0 aromatic carbocycles. The fourth-order valence-corrected chi connectivity index (χ4v) is 4.16. The Balaban J connectivity index is 1.90. The molecule has 1 atom stereocenters. The number of hydrogen-bond donors (Lipinski definition) is 0. The highest BCUT2D eigenvalue weighted by atomic mass is 32.1. The van der Waals surface area contributed by atoms with Crippen LogP contribution in [0.1, 0.15) is 24.6 Å². The second kappa shape index (κ2) is 6.24. The standard InChI is InChI=1S/C17H23N3OS/c1-4-13-10-14-15(22-13)7-8-18-16(14)20-9-5-6-12(11-20)17(21)19(2)3/h7-8,10,12H,4-6,9,11H2,1-3H3/t12-/m0/s1. The van der Waals surface area contributed by atoms with Crippen LogP contribution in [0.15, 0.2) is 18.3 Å². The van der Waals surface area contributed by atoms with Crippen molar-refractivity contribution in [2.24, 2.45) is 5.92 Å². The molecule has 1 saturated heterocycles. The van der Waals surface area contributed by atoms with Gasteiger partial charge in [-0.3, -0.25) is 4.79 Å². The second-order valence-electron chi connectivity index (χ2n) is 6.13. The lowest BCUT2D eigenvalue weighted by atomic mass is 9.96. The Morgan fingerprint density at radius 1 is 1.50 bits per heavy atom. The van der Waals surface area contributed by atoms with Crippen LogP contribution in [0.3, 0.4) is 0 Å². The van der Waals surface area contributed by atoms with Crippen molar-refractivity contribution >= 4 is 33.1 Å². The summed E-state index contributed by atoms with van der Waals surface area (Å²) >= 11 is 1.85. The summed E-state index contributed by atoms with van der Waals surface area (Å²) in [6, 6.07) is 4.36. The Labute approximate surface area is 135 Å². The largest absolute Gasteiger partial charge is 0.355 e. The van der Waals surface area contributed by atoms with Crippen LogP contribution in [0.4, 0.5) is 5.82 Å². The normalized spacial score (nSPS) is 18.7. The molecule has 0 aliphatic carbocycles. The number of aromatic nitrogens is 1. The van der Waals surface area contributed by atoms with E-state index in [1.165, 1.54) is 15.0 Å². The highest BCUT2D eigenvalue weighted by Crippen LogP contribution is 2.34. The predicted molar refractivity (Wildman–Crippen MR) is 92.6 cm³/mol. The summed E-state index contributed by atoms with van der Waals surface area (Å²) in [7, 11) is 3.68. The molecule has 22 heavy (non-hydrogen) atoms. The molecule has 0 radical (unpaired) electrons. The first-order valence-electron chi connectivity index (χ1n) is 7.93. The number of amides is 1. The topological polar surface area (TPSA) is 36.4 Å². The van der Waals surface area contributed by atoms with Crippen molar-refractivity contribution in [2.45, 2.75) is 26.2 Å². The molecule has 0 unspecified atom stereocenters. The average Bonchev–Trinajstić information content (AvgIpc) is 2.97. The van der Waals surface area contributed by atoms with Gasteiger partial charge in [0.25, 0.3) is 0 Å². The van der Waals surface area contributed by atoms with Gasteiger partial charge in [0, 0.05) is 48.3 Å². The number of carbonyl (C=O) groups excluding carboxylic acids is 1. The number of thiophene rings is 1. The molecule has 0 saturated carbocycles. The Hall–Kier alpha value is -1.62. The smallest absolute Gasteiger partial charge is 0.226 e. The summed E-state index contributed by atoms with van der Waals surface area (Å²) in [5.41, 5.74) is 0. The summed E-state index contributed by atoms with van der Waals surface area (Å²) < 4.78 is 1.29. The number of carbonyl (C=O) groups is 1. The van der Waals surface area contributed by atoms with Crippen LogP contribution in [0, 0.1) is 5.92 Å². The van der Waals surface area contributed by atoms with Crippen LogP contribution in [-0.4, -0.2) is 43.0 Å². The maximum atomic E-state index is 12.3. The summed E-state index contributed by atoms with van der Waals surface area (Å²) in [6.45, 7) is 3.95. The van der Waals surface area contributed by atoms with Gasteiger partial charge in [0.1, 0.15) is 5.82 Å². The van der Waals surface area contributed by atoms with Gasteiger partial charge in [-0.15, -0.1) is 11.3 Å². The van der Waals surface area contributed by atoms with Crippen molar-refractivity contribution in [1.29, 1.82) is 0 Å². The van der Waals surface area contributed by atoms with E-state index in [9.17, 15) is 4.79 Å². The molecule has 0 bridgehead atoms. The van der Waals surface area contributed by atoms with E-state index in [0.717, 1.165) is 38.2 Å². The Morgan fingerprint density at radius 3 is 3.05 bits per heavy atom. The summed E-state index contributed by atoms with van der Waals surface area (Å²) in [5, 5.41) is 1.24. The second-order valence-corrected chi connectivity index (χ2v) is 7.30. The fraction of sp³-hybridized carbons (Fsp3) is 0.529. The van der Waals surface area contributed by atoms with Gasteiger partial charge in [-0.1, -0.05) is 6.92 Å². The van der Waals surface area contributed by atoms with Crippen molar-refractivity contribution in [1.82, 2.24) is 9.88 Å². The van der Waals surface area contributed by atoms with Gasteiger partial charge in [-0.2, -0.15) is 0 Å². The van der Waals surface area contributed by atoms with Gasteiger partial charge >= 0.3 is 0 Å². The van der Waals surface area contributed by atoms with E-state index in [-0.39, 0.29) is 11.8 Å². The van der Waals surface area contributed by atoms with Crippen molar-refractivity contribution in [3.05, 3.63) is 23.2 Å². The SMILES string of the molecule is CCc1cc2c(N3CCC[C@H](C(=O)N(C)C)C3)nccc2s1. The van der Waals surface area contributed by atoms with Crippen LogP contribution in [0.5, 0.6) is 0 Å². The predicted octanol–water partition coefficient (Wildman–Crippen LogP) is 3.16. The highest BCUT2D eigenvalue weighted by Gasteiger charge is 2.28. The maximum Gasteiger partial charge on any atom is 0.226 e. The lowest BCUT2D eigenvalue weighted by molar-refractivity contribution is -0.133. The zero-order chi connectivity index (χ0) is 15.7. The van der Waals surface area contributed by atoms with E-state index in [4.69, 9.17) is 0 Å². The number of rotatable bonds is 3. The first-order chi connectivity index (χ1) is 10.6.